The molecule has 2 rings (SSSR count). The highest BCUT2D eigenvalue weighted by Crippen LogP contribution is 2.19. The van der Waals surface area contributed by atoms with Gasteiger partial charge in [0.25, 0.3) is 0 Å². The van der Waals surface area contributed by atoms with Crippen LogP contribution in [0.4, 0.5) is 0 Å². The molecule has 1 fully saturated rings. The molecule has 0 aliphatic carbocycles. The predicted octanol–water partition coefficient (Wildman–Crippen LogP) is 3.16. The number of hydrogen-bond acceptors (Lipinski definition) is 3. The first kappa shape index (κ1) is 19.9. The summed E-state index contributed by atoms with van der Waals surface area (Å²) < 4.78 is 5.86. The lowest BCUT2D eigenvalue weighted by Gasteiger charge is -2.19. The van der Waals surface area contributed by atoms with Gasteiger partial charge in [-0.3, -0.25) is 4.79 Å². The fourth-order valence-electron chi connectivity index (χ4n) is 2.70. The van der Waals surface area contributed by atoms with Gasteiger partial charge >= 0.3 is 0 Å². The molecule has 5 heteroatoms. The van der Waals surface area contributed by atoms with Crippen LogP contribution in [0.2, 0.25) is 0 Å². The number of likely N-dealkylation sites (tertiary alicyclic amines) is 1. The van der Waals surface area contributed by atoms with Crippen LogP contribution in [-0.2, 0) is 9.53 Å². The van der Waals surface area contributed by atoms with Crippen molar-refractivity contribution < 1.29 is 9.53 Å². The number of nitrogens with two attached hydrogens (primary N) is 1. The van der Waals surface area contributed by atoms with Crippen LogP contribution in [-0.4, -0.2) is 36.6 Å². The van der Waals surface area contributed by atoms with Gasteiger partial charge in [0.05, 0.1) is 6.10 Å². The smallest absolute Gasteiger partial charge is 0.224 e. The Morgan fingerprint density at radius 3 is 2.70 bits per heavy atom. The second-order valence-corrected chi connectivity index (χ2v) is 6.53. The van der Waals surface area contributed by atoms with Crippen molar-refractivity contribution in [1.29, 1.82) is 0 Å². The average molecular weight is 341 g/mol. The Morgan fingerprint density at radius 1 is 1.35 bits per heavy atom. The minimum atomic E-state index is -0.227. The van der Waals surface area contributed by atoms with Crippen molar-refractivity contribution >= 4 is 18.3 Å². The summed E-state index contributed by atoms with van der Waals surface area (Å²) in [6.45, 7) is 6.66. The monoisotopic (exact) mass is 340 g/mol. The van der Waals surface area contributed by atoms with Crippen molar-refractivity contribution in [3.63, 3.8) is 0 Å². The van der Waals surface area contributed by atoms with Crippen LogP contribution in [0.15, 0.2) is 30.3 Å². The largest absolute Gasteiger partial charge is 0.376 e. The van der Waals surface area contributed by atoms with Gasteiger partial charge < -0.3 is 15.4 Å². The van der Waals surface area contributed by atoms with Gasteiger partial charge in [0, 0.05) is 32.2 Å². The fourth-order valence-corrected chi connectivity index (χ4v) is 2.70. The van der Waals surface area contributed by atoms with E-state index in [2.05, 4.69) is 13.8 Å². The maximum Gasteiger partial charge on any atom is 0.224 e. The van der Waals surface area contributed by atoms with E-state index in [1.165, 1.54) is 0 Å². The van der Waals surface area contributed by atoms with E-state index in [9.17, 15) is 4.79 Å². The van der Waals surface area contributed by atoms with Gasteiger partial charge in [-0.1, -0.05) is 44.2 Å². The Labute approximate surface area is 145 Å². The lowest BCUT2D eigenvalue weighted by atomic mass is 10.0. The van der Waals surface area contributed by atoms with E-state index in [0.717, 1.165) is 31.6 Å². The number of benzene rings is 1. The van der Waals surface area contributed by atoms with Crippen molar-refractivity contribution in [3.8, 4) is 0 Å². The molecule has 4 nitrogen and oxygen atoms in total. The third-order valence-corrected chi connectivity index (χ3v) is 4.17. The highest BCUT2D eigenvalue weighted by Gasteiger charge is 2.27. The van der Waals surface area contributed by atoms with Gasteiger partial charge in [-0.05, 0) is 24.3 Å². The molecule has 2 unspecified atom stereocenters. The molecule has 1 aromatic carbocycles. The molecule has 23 heavy (non-hydrogen) atoms. The van der Waals surface area contributed by atoms with Gasteiger partial charge in [-0.15, -0.1) is 12.4 Å². The molecule has 130 valence electrons. The molecule has 2 atom stereocenters. The molecule has 1 amide bonds. The van der Waals surface area contributed by atoms with Crippen LogP contribution in [0.3, 0.4) is 0 Å². The Hall–Kier alpha value is -1.10. The number of halogens is 1. The minimum absolute atomic E-state index is 0. The topological polar surface area (TPSA) is 55.6 Å². The third-order valence-electron chi connectivity index (χ3n) is 4.17. The van der Waals surface area contributed by atoms with Crippen LogP contribution < -0.4 is 5.73 Å². The zero-order valence-corrected chi connectivity index (χ0v) is 14.9. The molecule has 0 saturated carbocycles. The van der Waals surface area contributed by atoms with Crippen LogP contribution in [0.25, 0.3) is 0 Å². The molecule has 0 bridgehead atoms. The second kappa shape index (κ2) is 9.91. The Morgan fingerprint density at radius 2 is 2.04 bits per heavy atom. The normalized spacial score (nSPS) is 18.8. The van der Waals surface area contributed by atoms with Crippen LogP contribution in [0.1, 0.15) is 44.7 Å². The predicted molar refractivity (Wildman–Crippen MR) is 95.6 cm³/mol. The fraction of sp³-hybridized carbons (Fsp3) is 0.611. The van der Waals surface area contributed by atoms with E-state index in [-0.39, 0.29) is 30.5 Å². The molecular formula is C18H29ClN2O2. The van der Waals surface area contributed by atoms with Gasteiger partial charge in [-0.25, -0.2) is 0 Å². The average Bonchev–Trinajstić information content (AvgIpc) is 2.96. The van der Waals surface area contributed by atoms with Crippen molar-refractivity contribution in [2.75, 3.05) is 19.7 Å². The summed E-state index contributed by atoms with van der Waals surface area (Å²) in [4.78, 5) is 14.2. The first-order chi connectivity index (χ1) is 10.6. The molecule has 2 N–H and O–H groups in total. The standard InChI is InChI=1S/C18H28N2O2.ClH/c1-14(2)9-11-22-16-8-10-20(13-16)18(21)12-17(19)15-6-4-3-5-7-15;/h3-7,14,16-17H,8-13,19H2,1-2H3;1H. The maximum atomic E-state index is 12.3. The maximum absolute atomic E-state index is 12.3. The highest BCUT2D eigenvalue weighted by atomic mass is 35.5. The number of carbonyl (C=O) groups is 1. The summed E-state index contributed by atoms with van der Waals surface area (Å²) in [5.74, 6) is 0.786. The zero-order chi connectivity index (χ0) is 15.9. The third kappa shape index (κ3) is 6.50. The molecule has 1 heterocycles. The van der Waals surface area contributed by atoms with E-state index in [4.69, 9.17) is 10.5 Å². The molecule has 1 aromatic rings. The van der Waals surface area contributed by atoms with Crippen molar-refractivity contribution in [2.45, 2.75) is 45.3 Å². The molecule has 0 radical (unpaired) electrons. The van der Waals surface area contributed by atoms with Gasteiger partial charge in [0.15, 0.2) is 0 Å². The summed E-state index contributed by atoms with van der Waals surface area (Å²) in [7, 11) is 0. The van der Waals surface area contributed by atoms with E-state index < -0.39 is 0 Å². The molecule has 0 aromatic heterocycles. The quantitative estimate of drug-likeness (QED) is 0.829. The number of amides is 1. The van der Waals surface area contributed by atoms with Crippen LogP contribution in [0, 0.1) is 5.92 Å². The summed E-state index contributed by atoms with van der Waals surface area (Å²) in [6, 6.07) is 9.58. The molecule has 1 aliphatic rings. The summed E-state index contributed by atoms with van der Waals surface area (Å²) in [5.41, 5.74) is 7.15. The van der Waals surface area contributed by atoms with Crippen molar-refractivity contribution in [2.24, 2.45) is 11.7 Å². The van der Waals surface area contributed by atoms with Crippen molar-refractivity contribution in [1.82, 2.24) is 4.90 Å². The van der Waals surface area contributed by atoms with E-state index in [1.807, 2.05) is 35.2 Å². The van der Waals surface area contributed by atoms with Crippen LogP contribution in [0.5, 0.6) is 0 Å². The number of hydrogen-bond donors (Lipinski definition) is 1. The summed E-state index contributed by atoms with van der Waals surface area (Å²) in [5, 5.41) is 0. The minimum Gasteiger partial charge on any atom is -0.376 e. The zero-order valence-electron chi connectivity index (χ0n) is 14.1. The lowest BCUT2D eigenvalue weighted by Crippen LogP contribution is -2.32. The molecule has 0 spiro atoms. The molecular weight excluding hydrogens is 312 g/mol. The number of nitrogens with zero attached hydrogens (tertiary/aromatic N) is 1. The highest BCUT2D eigenvalue weighted by molar-refractivity contribution is 5.85. The van der Waals surface area contributed by atoms with E-state index in [1.54, 1.807) is 0 Å². The van der Waals surface area contributed by atoms with E-state index >= 15 is 0 Å². The van der Waals surface area contributed by atoms with Crippen molar-refractivity contribution in [3.05, 3.63) is 35.9 Å². The number of rotatable bonds is 7. The van der Waals surface area contributed by atoms with E-state index in [0.29, 0.717) is 18.9 Å². The lowest BCUT2D eigenvalue weighted by molar-refractivity contribution is -0.131. The van der Waals surface area contributed by atoms with Crippen LogP contribution >= 0.6 is 12.4 Å². The van der Waals surface area contributed by atoms with Gasteiger partial charge in [0.1, 0.15) is 0 Å². The molecule has 1 saturated heterocycles. The summed E-state index contributed by atoms with van der Waals surface area (Å²) >= 11 is 0. The van der Waals surface area contributed by atoms with Gasteiger partial charge in [-0.2, -0.15) is 0 Å². The first-order valence-corrected chi connectivity index (χ1v) is 8.26. The summed E-state index contributed by atoms with van der Waals surface area (Å²) in [6.07, 6.45) is 2.56. The Kier molecular flexibility index (Phi) is 8.59. The second-order valence-electron chi connectivity index (χ2n) is 6.53. The Balaban J connectivity index is 0.00000264. The Bertz CT molecular complexity index is 467. The number of ether oxygens (including phenoxy) is 1. The van der Waals surface area contributed by atoms with Gasteiger partial charge in [0.2, 0.25) is 5.91 Å². The SMILES string of the molecule is CC(C)CCOC1CCN(C(=O)CC(N)c2ccccc2)C1.Cl. The molecule has 1 aliphatic heterocycles. The first-order valence-electron chi connectivity index (χ1n) is 8.26. The number of carbonyl (C=O) groups excluding carboxylic acids is 1.